The fourth-order valence-corrected chi connectivity index (χ4v) is 2.16. The minimum Gasteiger partial charge on any atom is -0.378 e. The summed E-state index contributed by atoms with van der Waals surface area (Å²) in [5, 5.41) is 2.08. The number of anilines is 1. The van der Waals surface area contributed by atoms with E-state index in [0.717, 1.165) is 5.69 Å². The minimum atomic E-state index is 1.10. The van der Waals surface area contributed by atoms with Gasteiger partial charge in [0.25, 0.3) is 0 Å². The van der Waals surface area contributed by atoms with Crippen LogP contribution >= 0.6 is 11.5 Å². The van der Waals surface area contributed by atoms with E-state index in [9.17, 15) is 0 Å². The van der Waals surface area contributed by atoms with Gasteiger partial charge in [0, 0.05) is 30.7 Å². The highest BCUT2D eigenvalue weighted by Gasteiger charge is 2.04. The molecule has 0 fully saturated rings. The molecule has 0 aliphatic heterocycles. The average Bonchev–Trinajstić information content (AvgIpc) is 2.65. The second-order valence-electron chi connectivity index (χ2n) is 3.79. The summed E-state index contributed by atoms with van der Waals surface area (Å²) in [6.45, 7) is 2.10. The lowest BCUT2D eigenvalue weighted by Gasteiger charge is -2.12. The molecule has 0 amide bonds. The summed E-state index contributed by atoms with van der Waals surface area (Å²) in [5.74, 6) is 0. The number of aromatic nitrogens is 1. The summed E-state index contributed by atoms with van der Waals surface area (Å²) in [4.78, 5) is 2.09. The van der Waals surface area contributed by atoms with Crippen LogP contribution in [0.15, 0.2) is 29.6 Å². The molecule has 2 rings (SSSR count). The number of benzene rings is 1. The quantitative estimate of drug-likeness (QED) is 0.769. The van der Waals surface area contributed by atoms with Gasteiger partial charge in [0.1, 0.15) is 0 Å². The summed E-state index contributed by atoms with van der Waals surface area (Å²) in [7, 11) is 4.09. The summed E-state index contributed by atoms with van der Waals surface area (Å²) < 4.78 is 4.39. The fourth-order valence-electron chi connectivity index (χ4n) is 1.48. The Kier molecular flexibility index (Phi) is 2.73. The lowest BCUT2D eigenvalue weighted by molar-refractivity contribution is 1.13. The van der Waals surface area contributed by atoms with Gasteiger partial charge in [0.2, 0.25) is 0 Å². The topological polar surface area (TPSA) is 16.1 Å². The smallest absolute Gasteiger partial charge is 0.0869 e. The largest absolute Gasteiger partial charge is 0.378 e. The Hall–Kier alpha value is -1.35. The minimum absolute atomic E-state index is 1.10. The molecule has 0 aliphatic rings. The number of rotatable bonds is 2. The SMILES string of the molecule is Cc1csnc1-c1ccc(N(C)C)cc1. The van der Waals surface area contributed by atoms with Crippen LogP contribution in [-0.2, 0) is 0 Å². The van der Waals surface area contributed by atoms with Gasteiger partial charge in [-0.1, -0.05) is 12.1 Å². The van der Waals surface area contributed by atoms with Crippen molar-refractivity contribution in [2.45, 2.75) is 6.92 Å². The highest BCUT2D eigenvalue weighted by molar-refractivity contribution is 7.04. The first-order valence-electron chi connectivity index (χ1n) is 4.87. The monoisotopic (exact) mass is 218 g/mol. The Morgan fingerprint density at radius 2 is 1.80 bits per heavy atom. The van der Waals surface area contributed by atoms with Gasteiger partial charge in [-0.2, -0.15) is 4.37 Å². The molecule has 0 N–H and O–H groups in total. The molecule has 15 heavy (non-hydrogen) atoms. The Balaban J connectivity index is 2.36. The van der Waals surface area contributed by atoms with Crippen molar-refractivity contribution in [3.05, 3.63) is 35.2 Å². The maximum absolute atomic E-state index is 4.39. The van der Waals surface area contributed by atoms with E-state index in [4.69, 9.17) is 0 Å². The molecular formula is C12H14N2S. The maximum Gasteiger partial charge on any atom is 0.0869 e. The van der Waals surface area contributed by atoms with Crippen LogP contribution in [0.1, 0.15) is 5.56 Å². The highest BCUT2D eigenvalue weighted by atomic mass is 32.1. The van der Waals surface area contributed by atoms with Crippen molar-refractivity contribution in [3.63, 3.8) is 0 Å². The predicted molar refractivity (Wildman–Crippen MR) is 66.6 cm³/mol. The molecule has 0 saturated carbocycles. The average molecular weight is 218 g/mol. The third kappa shape index (κ3) is 2.02. The van der Waals surface area contributed by atoms with E-state index in [2.05, 4.69) is 45.8 Å². The van der Waals surface area contributed by atoms with Crippen LogP contribution < -0.4 is 4.90 Å². The molecular weight excluding hydrogens is 204 g/mol. The lowest BCUT2D eigenvalue weighted by atomic mass is 10.1. The van der Waals surface area contributed by atoms with Crippen LogP contribution in [0.5, 0.6) is 0 Å². The Labute approximate surface area is 94.3 Å². The molecule has 1 aromatic carbocycles. The van der Waals surface area contributed by atoms with Crippen LogP contribution in [0.4, 0.5) is 5.69 Å². The summed E-state index contributed by atoms with van der Waals surface area (Å²) >= 11 is 1.51. The third-order valence-corrected chi connectivity index (χ3v) is 3.15. The Bertz CT molecular complexity index is 443. The van der Waals surface area contributed by atoms with Crippen molar-refractivity contribution >= 4 is 17.2 Å². The van der Waals surface area contributed by atoms with Gasteiger partial charge in [-0.3, -0.25) is 0 Å². The van der Waals surface area contributed by atoms with Crippen LogP contribution in [0, 0.1) is 6.92 Å². The van der Waals surface area contributed by atoms with Gasteiger partial charge < -0.3 is 4.90 Å². The van der Waals surface area contributed by atoms with Crippen LogP contribution in [0.3, 0.4) is 0 Å². The molecule has 78 valence electrons. The highest BCUT2D eigenvalue weighted by Crippen LogP contribution is 2.25. The number of hydrogen-bond acceptors (Lipinski definition) is 3. The first-order chi connectivity index (χ1) is 7.18. The number of nitrogens with zero attached hydrogens (tertiary/aromatic N) is 2. The van der Waals surface area contributed by atoms with Crippen molar-refractivity contribution in [1.82, 2.24) is 4.37 Å². The van der Waals surface area contributed by atoms with E-state index in [1.165, 1.54) is 28.3 Å². The van der Waals surface area contributed by atoms with Crippen molar-refractivity contribution in [2.24, 2.45) is 0 Å². The summed E-state index contributed by atoms with van der Waals surface area (Å²) in [6.07, 6.45) is 0. The fraction of sp³-hybridized carbons (Fsp3) is 0.250. The first-order valence-corrected chi connectivity index (χ1v) is 5.71. The molecule has 0 unspecified atom stereocenters. The first kappa shape index (κ1) is 10.2. The third-order valence-electron chi connectivity index (χ3n) is 2.40. The van der Waals surface area contributed by atoms with E-state index in [0.29, 0.717) is 0 Å². The van der Waals surface area contributed by atoms with Crippen molar-refractivity contribution < 1.29 is 0 Å². The molecule has 0 bridgehead atoms. The van der Waals surface area contributed by atoms with E-state index >= 15 is 0 Å². The van der Waals surface area contributed by atoms with Gasteiger partial charge in [0.05, 0.1) is 5.69 Å². The maximum atomic E-state index is 4.39. The second-order valence-corrected chi connectivity index (χ2v) is 4.42. The molecule has 0 radical (unpaired) electrons. The zero-order valence-corrected chi connectivity index (χ0v) is 10.0. The second kappa shape index (κ2) is 4.03. The molecule has 0 spiro atoms. The standard InChI is InChI=1S/C12H14N2S/c1-9-8-15-13-12(9)10-4-6-11(7-5-10)14(2)3/h4-8H,1-3H3. The van der Waals surface area contributed by atoms with E-state index in [1.54, 1.807) is 0 Å². The normalized spacial score (nSPS) is 10.3. The molecule has 1 heterocycles. The molecule has 1 aromatic heterocycles. The van der Waals surface area contributed by atoms with Crippen molar-refractivity contribution in [1.29, 1.82) is 0 Å². The van der Waals surface area contributed by atoms with E-state index in [1.807, 2.05) is 14.1 Å². The van der Waals surface area contributed by atoms with Gasteiger partial charge in [-0.05, 0) is 36.2 Å². The zero-order valence-electron chi connectivity index (χ0n) is 9.19. The van der Waals surface area contributed by atoms with Gasteiger partial charge >= 0.3 is 0 Å². The van der Waals surface area contributed by atoms with E-state index in [-0.39, 0.29) is 0 Å². The molecule has 3 heteroatoms. The lowest BCUT2D eigenvalue weighted by Crippen LogP contribution is -2.07. The summed E-state index contributed by atoms with van der Waals surface area (Å²) in [6, 6.07) is 8.48. The van der Waals surface area contributed by atoms with Gasteiger partial charge in [0.15, 0.2) is 0 Å². The molecule has 0 atom stereocenters. The number of aryl methyl sites for hydroxylation is 1. The zero-order chi connectivity index (χ0) is 10.8. The van der Waals surface area contributed by atoms with Crippen LogP contribution in [0.2, 0.25) is 0 Å². The molecule has 0 saturated heterocycles. The Morgan fingerprint density at radius 3 is 2.27 bits per heavy atom. The predicted octanol–water partition coefficient (Wildman–Crippen LogP) is 3.18. The van der Waals surface area contributed by atoms with Crippen LogP contribution in [0.25, 0.3) is 11.3 Å². The van der Waals surface area contributed by atoms with E-state index < -0.39 is 0 Å². The Morgan fingerprint density at radius 1 is 1.13 bits per heavy atom. The number of hydrogen-bond donors (Lipinski definition) is 0. The molecule has 2 aromatic rings. The van der Waals surface area contributed by atoms with Crippen molar-refractivity contribution in [2.75, 3.05) is 19.0 Å². The molecule has 2 nitrogen and oxygen atoms in total. The van der Waals surface area contributed by atoms with Crippen molar-refractivity contribution in [3.8, 4) is 11.3 Å². The van der Waals surface area contributed by atoms with Gasteiger partial charge in [-0.25, -0.2) is 0 Å². The summed E-state index contributed by atoms with van der Waals surface area (Å²) in [5.41, 5.74) is 4.76. The van der Waals surface area contributed by atoms with Crippen LogP contribution in [-0.4, -0.2) is 18.5 Å². The van der Waals surface area contributed by atoms with Gasteiger partial charge in [-0.15, -0.1) is 0 Å². The molecule has 0 aliphatic carbocycles.